The van der Waals surface area contributed by atoms with Crippen LogP contribution in [-0.4, -0.2) is 24.6 Å². The van der Waals surface area contributed by atoms with Gasteiger partial charge in [0, 0.05) is 0 Å². The van der Waals surface area contributed by atoms with Crippen molar-refractivity contribution < 1.29 is 9.90 Å². The summed E-state index contributed by atoms with van der Waals surface area (Å²) >= 11 is 29.3. The van der Waals surface area contributed by atoms with Crippen LogP contribution in [0.1, 0.15) is 19.3 Å². The van der Waals surface area contributed by atoms with Gasteiger partial charge >= 0.3 is 5.97 Å². The molecule has 0 aromatic rings. The number of hydrogen-bond donors (Lipinski definition) is 1. The molecule has 14 heavy (non-hydrogen) atoms. The third-order valence-electron chi connectivity index (χ3n) is 2.31. The van der Waals surface area contributed by atoms with Crippen molar-refractivity contribution in [1.82, 2.24) is 0 Å². The van der Waals surface area contributed by atoms with Gasteiger partial charge in [-0.05, 0) is 19.3 Å². The Kier molecular flexibility index (Phi) is 3.47. The normalized spacial score (nSPS) is 35.2. The molecule has 1 saturated carbocycles. The molecule has 0 bridgehead atoms. The van der Waals surface area contributed by atoms with Crippen molar-refractivity contribution >= 4 is 64.0 Å². The Hall–Kier alpha value is 0.920. The summed E-state index contributed by atoms with van der Waals surface area (Å²) in [4.78, 5) is 9.13. The number of carboxylic acid groups (broad SMARTS) is 1. The standard InChI is InChI=1S/C7H7Cl5O2/c8-5(4(13)14)2-1-3-6(9,10)7(5,11)12/h1-3H2,(H,13,14). The van der Waals surface area contributed by atoms with Gasteiger partial charge in [0.15, 0.2) is 13.5 Å². The smallest absolute Gasteiger partial charge is 0.328 e. The molecule has 0 aromatic heterocycles. The Labute approximate surface area is 106 Å². The molecule has 1 rings (SSSR count). The second-order valence-corrected chi connectivity index (χ2v) is 6.70. The molecule has 1 aliphatic rings. The van der Waals surface area contributed by atoms with Crippen LogP contribution in [0.4, 0.5) is 0 Å². The van der Waals surface area contributed by atoms with Crippen LogP contribution < -0.4 is 0 Å². The van der Waals surface area contributed by atoms with E-state index in [1.807, 2.05) is 0 Å². The minimum absolute atomic E-state index is 0.137. The lowest BCUT2D eigenvalue weighted by molar-refractivity contribution is -0.141. The second kappa shape index (κ2) is 3.74. The van der Waals surface area contributed by atoms with Crippen LogP contribution in [0.25, 0.3) is 0 Å². The molecule has 0 spiro atoms. The lowest BCUT2D eigenvalue weighted by atomic mass is 9.86. The average molecular weight is 300 g/mol. The zero-order chi connectivity index (χ0) is 11.2. The van der Waals surface area contributed by atoms with E-state index in [1.54, 1.807) is 0 Å². The fourth-order valence-corrected chi connectivity index (χ4v) is 2.92. The molecule has 0 aromatic carbocycles. The van der Waals surface area contributed by atoms with Crippen LogP contribution >= 0.6 is 58.0 Å². The van der Waals surface area contributed by atoms with Crippen molar-refractivity contribution in [2.45, 2.75) is 32.8 Å². The van der Waals surface area contributed by atoms with Crippen molar-refractivity contribution in [3.8, 4) is 0 Å². The maximum absolute atomic E-state index is 11.0. The summed E-state index contributed by atoms with van der Waals surface area (Å²) < 4.78 is -3.46. The fourth-order valence-electron chi connectivity index (χ4n) is 1.40. The fraction of sp³-hybridized carbons (Fsp3) is 0.857. The van der Waals surface area contributed by atoms with Crippen molar-refractivity contribution in [3.05, 3.63) is 0 Å². The van der Waals surface area contributed by atoms with Crippen LogP contribution in [0.3, 0.4) is 0 Å². The van der Waals surface area contributed by atoms with Gasteiger partial charge in [-0.1, -0.05) is 46.4 Å². The van der Waals surface area contributed by atoms with Gasteiger partial charge in [0.25, 0.3) is 0 Å². The highest BCUT2D eigenvalue weighted by molar-refractivity contribution is 6.66. The molecule has 7 heteroatoms. The summed E-state index contributed by atoms with van der Waals surface area (Å²) in [5.41, 5.74) is 0. The largest absolute Gasteiger partial charge is 0.480 e. The zero-order valence-corrected chi connectivity index (χ0v) is 10.6. The molecule has 0 amide bonds. The molecule has 1 unspecified atom stereocenters. The maximum Gasteiger partial charge on any atom is 0.328 e. The van der Waals surface area contributed by atoms with E-state index in [0.29, 0.717) is 12.8 Å². The van der Waals surface area contributed by atoms with Crippen LogP contribution in [0.5, 0.6) is 0 Å². The van der Waals surface area contributed by atoms with Gasteiger partial charge in [0.1, 0.15) is 0 Å². The summed E-state index contributed by atoms with van der Waals surface area (Å²) in [6, 6.07) is 0. The molecule has 0 aliphatic heterocycles. The third kappa shape index (κ3) is 1.69. The van der Waals surface area contributed by atoms with Gasteiger partial charge in [0.05, 0.1) is 0 Å². The molecule has 0 heterocycles. The molecule has 0 radical (unpaired) electrons. The molecule has 1 fully saturated rings. The van der Waals surface area contributed by atoms with Crippen molar-refractivity contribution in [2.24, 2.45) is 0 Å². The molecule has 1 N–H and O–H groups in total. The lowest BCUT2D eigenvalue weighted by Crippen LogP contribution is -2.59. The van der Waals surface area contributed by atoms with Crippen molar-refractivity contribution in [3.63, 3.8) is 0 Å². The molecule has 1 atom stereocenters. The van der Waals surface area contributed by atoms with Gasteiger partial charge < -0.3 is 5.11 Å². The molecular weight excluding hydrogens is 293 g/mol. The van der Waals surface area contributed by atoms with E-state index < -0.39 is 19.5 Å². The molecular formula is C7H7Cl5O2. The minimum Gasteiger partial charge on any atom is -0.480 e. The Morgan fingerprint density at radius 2 is 1.57 bits per heavy atom. The molecule has 0 saturated heterocycles. The lowest BCUT2D eigenvalue weighted by Gasteiger charge is -2.45. The number of halogens is 5. The van der Waals surface area contributed by atoms with Gasteiger partial charge in [-0.3, -0.25) is 4.79 Å². The summed E-state index contributed by atoms with van der Waals surface area (Å²) in [5, 5.41) is 8.95. The van der Waals surface area contributed by atoms with Gasteiger partial charge in [0.2, 0.25) is 0 Å². The Bertz CT molecular complexity index is 265. The van der Waals surface area contributed by atoms with Crippen LogP contribution in [0.2, 0.25) is 0 Å². The van der Waals surface area contributed by atoms with Gasteiger partial charge in [-0.2, -0.15) is 0 Å². The quantitative estimate of drug-likeness (QED) is 0.752. The van der Waals surface area contributed by atoms with E-state index in [2.05, 4.69) is 0 Å². The van der Waals surface area contributed by atoms with Gasteiger partial charge in [-0.25, -0.2) is 0 Å². The second-order valence-electron chi connectivity index (χ2n) is 3.24. The molecule has 1 aliphatic carbocycles. The van der Waals surface area contributed by atoms with E-state index in [-0.39, 0.29) is 6.42 Å². The maximum atomic E-state index is 11.0. The monoisotopic (exact) mass is 298 g/mol. The van der Waals surface area contributed by atoms with E-state index >= 15 is 0 Å². The zero-order valence-electron chi connectivity index (χ0n) is 6.87. The summed E-state index contributed by atoms with van der Waals surface area (Å²) in [6.07, 6.45) is 0.910. The topological polar surface area (TPSA) is 37.3 Å². The minimum atomic E-state index is -1.91. The predicted octanol–water partition coefficient (Wildman–Crippen LogP) is 3.58. The Morgan fingerprint density at radius 1 is 1.07 bits per heavy atom. The summed E-state index contributed by atoms with van der Waals surface area (Å²) in [6.45, 7) is 0. The Balaban J connectivity index is 3.16. The van der Waals surface area contributed by atoms with E-state index in [4.69, 9.17) is 63.1 Å². The van der Waals surface area contributed by atoms with E-state index in [1.165, 1.54) is 0 Å². The first kappa shape index (κ1) is 13.0. The number of rotatable bonds is 1. The highest BCUT2D eigenvalue weighted by atomic mass is 35.5. The predicted molar refractivity (Wildman–Crippen MR) is 58.9 cm³/mol. The SMILES string of the molecule is O=C(O)C1(Cl)CCCC(Cl)(Cl)C1(Cl)Cl. The van der Waals surface area contributed by atoms with E-state index in [9.17, 15) is 4.79 Å². The highest BCUT2D eigenvalue weighted by Crippen LogP contribution is 2.59. The first-order valence-corrected chi connectivity index (χ1v) is 5.72. The average Bonchev–Trinajstić information content (AvgIpc) is 2.00. The highest BCUT2D eigenvalue weighted by Gasteiger charge is 2.66. The number of carboxylic acids is 1. The number of aliphatic carboxylic acids is 1. The number of hydrogen-bond acceptors (Lipinski definition) is 1. The van der Waals surface area contributed by atoms with Crippen LogP contribution in [0, 0.1) is 0 Å². The first-order valence-electron chi connectivity index (χ1n) is 3.83. The third-order valence-corrected chi connectivity index (χ3v) is 5.76. The first-order chi connectivity index (χ1) is 6.15. The number of carbonyl (C=O) groups is 1. The molecule has 82 valence electrons. The van der Waals surface area contributed by atoms with Gasteiger partial charge in [-0.15, -0.1) is 11.6 Å². The van der Waals surface area contributed by atoms with Crippen LogP contribution in [-0.2, 0) is 4.79 Å². The van der Waals surface area contributed by atoms with Crippen LogP contribution in [0.15, 0.2) is 0 Å². The number of alkyl halides is 5. The van der Waals surface area contributed by atoms with E-state index in [0.717, 1.165) is 0 Å². The summed E-state index contributed by atoms with van der Waals surface area (Å²) in [7, 11) is 0. The Morgan fingerprint density at radius 3 is 1.93 bits per heavy atom. The van der Waals surface area contributed by atoms with Crippen molar-refractivity contribution in [2.75, 3.05) is 0 Å². The molecule has 2 nitrogen and oxygen atoms in total. The van der Waals surface area contributed by atoms with Crippen molar-refractivity contribution in [1.29, 1.82) is 0 Å². The summed E-state index contributed by atoms with van der Waals surface area (Å²) in [5.74, 6) is -1.31.